The highest BCUT2D eigenvalue weighted by Gasteiger charge is 2.15. The van der Waals surface area contributed by atoms with E-state index in [1.54, 1.807) is 6.92 Å². The van der Waals surface area contributed by atoms with Crippen molar-refractivity contribution in [3.05, 3.63) is 86.9 Å². The smallest absolute Gasteiger partial charge is 0.328 e. The summed E-state index contributed by atoms with van der Waals surface area (Å²) in [5, 5.41) is 8.45. The fraction of sp³-hybridized carbons (Fsp3) is 0.211. The summed E-state index contributed by atoms with van der Waals surface area (Å²) in [6.07, 6.45) is 5.52. The Balaban J connectivity index is 1.49. The van der Waals surface area contributed by atoms with Gasteiger partial charge in [0.15, 0.2) is 0 Å². The van der Waals surface area contributed by atoms with Crippen LogP contribution in [0.25, 0.3) is 5.65 Å². The highest BCUT2D eigenvalue weighted by Crippen LogP contribution is 2.22. The van der Waals surface area contributed by atoms with Crippen molar-refractivity contribution >= 4 is 17.4 Å². The number of aromatic amines is 1. The molecular formula is C19H18N6O3S. The Bertz CT molecular complexity index is 1270. The summed E-state index contributed by atoms with van der Waals surface area (Å²) in [4.78, 5) is 31.7. The molecule has 10 heteroatoms. The minimum atomic E-state index is -0.467. The molecule has 0 bridgehead atoms. The van der Waals surface area contributed by atoms with Gasteiger partial charge in [-0.2, -0.15) is 0 Å². The van der Waals surface area contributed by atoms with Gasteiger partial charge in [0.2, 0.25) is 5.89 Å². The summed E-state index contributed by atoms with van der Waals surface area (Å²) in [6, 6.07) is 5.81. The largest absolute Gasteiger partial charge is 0.416 e. The van der Waals surface area contributed by atoms with E-state index in [2.05, 4.69) is 26.7 Å². The van der Waals surface area contributed by atoms with E-state index in [4.69, 9.17) is 4.42 Å². The van der Waals surface area contributed by atoms with Gasteiger partial charge in [0.25, 0.3) is 10.8 Å². The summed E-state index contributed by atoms with van der Waals surface area (Å²) in [6.45, 7) is 5.38. The van der Waals surface area contributed by atoms with E-state index >= 15 is 0 Å². The topological polar surface area (TPSA) is 111 Å². The predicted octanol–water partition coefficient (Wildman–Crippen LogP) is 1.94. The molecule has 0 aliphatic rings. The SMILES string of the molecule is C=CCn1c(=O)[nH]c(C)c(Cc2nnc(SCc3cn4ccccc4n3)o2)c1=O. The molecule has 9 nitrogen and oxygen atoms in total. The standard InChI is InChI=1S/C19H18N6O3S/c1-3-7-25-17(26)14(12(2)20-18(25)27)9-16-22-23-19(28-16)29-11-13-10-24-8-5-4-6-15(24)21-13/h3-6,8,10H,1,7,9,11H2,2H3,(H,20,27). The van der Waals surface area contributed by atoms with E-state index < -0.39 is 5.69 Å². The number of allylic oxidation sites excluding steroid dienone is 1. The van der Waals surface area contributed by atoms with Crippen LogP contribution in [0.15, 0.2) is 62.5 Å². The molecule has 0 aromatic carbocycles. The summed E-state index contributed by atoms with van der Waals surface area (Å²) in [5.74, 6) is 0.882. The average molecular weight is 410 g/mol. The lowest BCUT2D eigenvalue weighted by Gasteiger charge is -2.06. The van der Waals surface area contributed by atoms with Crippen molar-refractivity contribution in [3.8, 4) is 0 Å². The molecule has 4 rings (SSSR count). The molecule has 4 heterocycles. The van der Waals surface area contributed by atoms with E-state index in [0.717, 1.165) is 15.9 Å². The molecule has 0 amide bonds. The Kier molecular flexibility index (Phi) is 5.17. The third-order valence-corrected chi connectivity index (χ3v) is 5.19. The maximum absolute atomic E-state index is 12.6. The number of fused-ring (bicyclic) bond motifs is 1. The van der Waals surface area contributed by atoms with Crippen molar-refractivity contribution in [2.75, 3.05) is 0 Å². The molecule has 0 atom stereocenters. The lowest BCUT2D eigenvalue weighted by atomic mass is 10.1. The molecular weight excluding hydrogens is 392 g/mol. The molecule has 4 aromatic heterocycles. The second-order valence-corrected chi connectivity index (χ2v) is 7.29. The first-order valence-electron chi connectivity index (χ1n) is 8.86. The molecule has 0 aliphatic carbocycles. The third-order valence-electron chi connectivity index (χ3n) is 4.34. The Labute approximate surface area is 169 Å². The summed E-state index contributed by atoms with van der Waals surface area (Å²) >= 11 is 1.37. The van der Waals surface area contributed by atoms with Gasteiger partial charge in [0.05, 0.1) is 12.1 Å². The molecule has 0 unspecified atom stereocenters. The van der Waals surface area contributed by atoms with Gasteiger partial charge in [0, 0.05) is 35.9 Å². The van der Waals surface area contributed by atoms with Crippen molar-refractivity contribution in [1.82, 2.24) is 29.1 Å². The molecule has 1 N–H and O–H groups in total. The normalized spacial score (nSPS) is 11.2. The highest BCUT2D eigenvalue weighted by molar-refractivity contribution is 7.98. The summed E-state index contributed by atoms with van der Waals surface area (Å²) in [5.41, 5.74) is 1.81. The predicted molar refractivity (Wildman–Crippen MR) is 108 cm³/mol. The van der Waals surface area contributed by atoms with E-state index in [0.29, 0.717) is 28.1 Å². The second kappa shape index (κ2) is 7.92. The quantitative estimate of drug-likeness (QED) is 0.366. The number of aromatic nitrogens is 6. The fourth-order valence-corrected chi connectivity index (χ4v) is 3.60. The number of nitrogens with one attached hydrogen (secondary N) is 1. The Morgan fingerprint density at radius 3 is 2.97 bits per heavy atom. The van der Waals surface area contributed by atoms with Crippen LogP contribution in [0.1, 0.15) is 22.8 Å². The summed E-state index contributed by atoms with van der Waals surface area (Å²) < 4.78 is 8.70. The van der Waals surface area contributed by atoms with Crippen LogP contribution in [0.2, 0.25) is 0 Å². The van der Waals surface area contributed by atoms with Crippen molar-refractivity contribution in [2.24, 2.45) is 0 Å². The number of aryl methyl sites for hydroxylation is 1. The molecule has 0 spiro atoms. The van der Waals surface area contributed by atoms with Gasteiger partial charge in [-0.3, -0.25) is 9.36 Å². The number of pyridine rings is 1. The number of nitrogens with zero attached hydrogens (tertiary/aromatic N) is 5. The van der Waals surface area contributed by atoms with Crippen LogP contribution in [0.5, 0.6) is 0 Å². The minimum absolute atomic E-state index is 0.130. The van der Waals surface area contributed by atoms with Gasteiger partial charge in [-0.05, 0) is 19.1 Å². The zero-order valence-electron chi connectivity index (χ0n) is 15.7. The van der Waals surface area contributed by atoms with Crippen LogP contribution in [-0.4, -0.2) is 29.1 Å². The van der Waals surface area contributed by atoms with Gasteiger partial charge in [-0.25, -0.2) is 9.78 Å². The third kappa shape index (κ3) is 3.92. The van der Waals surface area contributed by atoms with Gasteiger partial charge in [-0.15, -0.1) is 16.8 Å². The van der Waals surface area contributed by atoms with Crippen LogP contribution < -0.4 is 11.2 Å². The lowest BCUT2D eigenvalue weighted by Crippen LogP contribution is -2.37. The van der Waals surface area contributed by atoms with Crippen LogP contribution in [0.3, 0.4) is 0 Å². The van der Waals surface area contributed by atoms with Crippen LogP contribution in [0.4, 0.5) is 0 Å². The minimum Gasteiger partial charge on any atom is -0.416 e. The number of thioether (sulfide) groups is 1. The summed E-state index contributed by atoms with van der Waals surface area (Å²) in [7, 11) is 0. The molecule has 148 valence electrons. The first kappa shape index (κ1) is 18.9. The average Bonchev–Trinajstić information content (AvgIpc) is 3.33. The number of hydrogen-bond acceptors (Lipinski definition) is 7. The molecule has 4 aromatic rings. The van der Waals surface area contributed by atoms with Gasteiger partial charge in [0.1, 0.15) is 5.65 Å². The van der Waals surface area contributed by atoms with Crippen LogP contribution in [0, 0.1) is 6.92 Å². The van der Waals surface area contributed by atoms with E-state index in [9.17, 15) is 9.59 Å². The maximum atomic E-state index is 12.6. The maximum Gasteiger partial charge on any atom is 0.328 e. The van der Waals surface area contributed by atoms with Gasteiger partial charge < -0.3 is 13.8 Å². The molecule has 0 fully saturated rings. The van der Waals surface area contributed by atoms with Crippen molar-refractivity contribution < 1.29 is 4.42 Å². The Morgan fingerprint density at radius 1 is 1.31 bits per heavy atom. The number of hydrogen-bond donors (Lipinski definition) is 1. The number of H-pyrrole nitrogens is 1. The zero-order valence-corrected chi connectivity index (χ0v) is 16.5. The molecule has 0 radical (unpaired) electrons. The Morgan fingerprint density at radius 2 is 2.17 bits per heavy atom. The molecule has 0 saturated heterocycles. The van der Waals surface area contributed by atoms with E-state index in [-0.39, 0.29) is 18.5 Å². The highest BCUT2D eigenvalue weighted by atomic mass is 32.2. The van der Waals surface area contributed by atoms with Crippen molar-refractivity contribution in [2.45, 2.75) is 30.9 Å². The van der Waals surface area contributed by atoms with Gasteiger partial charge >= 0.3 is 5.69 Å². The fourth-order valence-electron chi connectivity index (χ4n) is 2.93. The zero-order chi connectivity index (χ0) is 20.4. The lowest BCUT2D eigenvalue weighted by molar-refractivity contribution is 0.419. The molecule has 0 aliphatic heterocycles. The van der Waals surface area contributed by atoms with E-state index in [1.165, 1.54) is 17.8 Å². The van der Waals surface area contributed by atoms with Crippen LogP contribution in [-0.2, 0) is 18.7 Å². The number of imidazole rings is 1. The first-order valence-corrected chi connectivity index (χ1v) is 9.85. The van der Waals surface area contributed by atoms with Crippen molar-refractivity contribution in [1.29, 1.82) is 0 Å². The van der Waals surface area contributed by atoms with E-state index in [1.807, 2.05) is 35.0 Å². The van der Waals surface area contributed by atoms with Crippen LogP contribution >= 0.6 is 11.8 Å². The van der Waals surface area contributed by atoms with Gasteiger partial charge in [-0.1, -0.05) is 23.9 Å². The number of rotatable bonds is 7. The Hall–Kier alpha value is -3.40. The monoisotopic (exact) mass is 410 g/mol. The first-order chi connectivity index (χ1) is 14.0. The molecule has 0 saturated carbocycles. The molecule has 29 heavy (non-hydrogen) atoms. The van der Waals surface area contributed by atoms with Crippen molar-refractivity contribution in [3.63, 3.8) is 0 Å². The second-order valence-electron chi connectivity index (χ2n) is 6.36.